The smallest absolute Gasteiger partial charge is 0.0602 e. The van der Waals surface area contributed by atoms with E-state index in [-0.39, 0.29) is 0 Å². The predicted octanol–water partition coefficient (Wildman–Crippen LogP) is 4.17. The first kappa shape index (κ1) is 16.1. The topological polar surface area (TPSA) is 15.3 Å². The third-order valence-electron chi connectivity index (χ3n) is 4.13. The van der Waals surface area contributed by atoms with Gasteiger partial charge in [0.1, 0.15) is 0 Å². The Morgan fingerprint density at radius 3 is 2.05 bits per heavy atom. The van der Waals surface area contributed by atoms with Gasteiger partial charge in [-0.3, -0.25) is 4.90 Å². The van der Waals surface area contributed by atoms with Crippen molar-refractivity contribution in [1.82, 2.24) is 10.2 Å². The predicted molar refractivity (Wildman–Crippen MR) is 98.7 cm³/mol. The van der Waals surface area contributed by atoms with E-state index in [1.54, 1.807) is 11.8 Å². The molecular formula is C18H21BrN2S. The van der Waals surface area contributed by atoms with Gasteiger partial charge in [-0.2, -0.15) is 0 Å². The van der Waals surface area contributed by atoms with E-state index in [9.17, 15) is 0 Å². The molecule has 2 nitrogen and oxygen atoms in total. The minimum atomic E-state index is 0.339. The SMILES string of the molecule is CSc1ccc(C(c2ccc(Br)cc2)N2CCNCC2)cc1. The number of piperazine rings is 1. The number of nitrogens with one attached hydrogen (secondary N) is 1. The Morgan fingerprint density at radius 1 is 0.955 bits per heavy atom. The Balaban J connectivity index is 1.95. The van der Waals surface area contributed by atoms with Gasteiger partial charge in [0.25, 0.3) is 0 Å². The van der Waals surface area contributed by atoms with Gasteiger partial charge in [-0.25, -0.2) is 0 Å². The fourth-order valence-electron chi connectivity index (χ4n) is 2.99. The first-order chi connectivity index (χ1) is 10.8. The van der Waals surface area contributed by atoms with Crippen LogP contribution in [0.5, 0.6) is 0 Å². The standard InChI is InChI=1S/C18H21BrN2S/c1-22-17-8-4-15(5-9-17)18(21-12-10-20-11-13-21)14-2-6-16(19)7-3-14/h2-9,18,20H,10-13H2,1H3. The Kier molecular flexibility index (Phi) is 5.58. The van der Waals surface area contributed by atoms with E-state index in [1.165, 1.54) is 16.0 Å². The van der Waals surface area contributed by atoms with Crippen molar-refractivity contribution in [2.75, 3.05) is 32.4 Å². The Morgan fingerprint density at radius 2 is 1.50 bits per heavy atom. The van der Waals surface area contributed by atoms with E-state index in [0.717, 1.165) is 30.7 Å². The molecule has 1 aliphatic heterocycles. The van der Waals surface area contributed by atoms with E-state index in [0.29, 0.717) is 6.04 Å². The molecule has 0 bridgehead atoms. The van der Waals surface area contributed by atoms with Crippen molar-refractivity contribution in [3.8, 4) is 0 Å². The van der Waals surface area contributed by atoms with Crippen LogP contribution in [0.15, 0.2) is 57.9 Å². The second kappa shape index (κ2) is 7.64. The minimum absolute atomic E-state index is 0.339. The zero-order valence-electron chi connectivity index (χ0n) is 12.8. The lowest BCUT2D eigenvalue weighted by atomic mass is 9.96. The molecule has 0 radical (unpaired) electrons. The third-order valence-corrected chi connectivity index (χ3v) is 5.41. The molecule has 3 rings (SSSR count). The van der Waals surface area contributed by atoms with Crippen LogP contribution in [0.2, 0.25) is 0 Å². The molecule has 0 aromatic heterocycles. The maximum atomic E-state index is 3.54. The van der Waals surface area contributed by atoms with Gasteiger partial charge in [-0.05, 0) is 41.6 Å². The normalized spacial score (nSPS) is 17.4. The van der Waals surface area contributed by atoms with Crippen molar-refractivity contribution >= 4 is 27.7 Å². The van der Waals surface area contributed by atoms with Gasteiger partial charge in [0.2, 0.25) is 0 Å². The van der Waals surface area contributed by atoms with Crippen molar-refractivity contribution in [3.63, 3.8) is 0 Å². The van der Waals surface area contributed by atoms with Crippen LogP contribution >= 0.6 is 27.7 Å². The lowest BCUT2D eigenvalue weighted by molar-refractivity contribution is 0.198. The van der Waals surface area contributed by atoms with Crippen molar-refractivity contribution < 1.29 is 0 Å². The molecule has 4 heteroatoms. The molecule has 2 aromatic rings. The summed E-state index contributed by atoms with van der Waals surface area (Å²) in [4.78, 5) is 3.90. The van der Waals surface area contributed by atoms with Crippen LogP contribution in [0.1, 0.15) is 17.2 Å². The summed E-state index contributed by atoms with van der Waals surface area (Å²) in [6, 6.07) is 18.1. The zero-order chi connectivity index (χ0) is 15.4. The monoisotopic (exact) mass is 376 g/mol. The molecule has 2 aromatic carbocycles. The molecule has 116 valence electrons. The van der Waals surface area contributed by atoms with Crippen LogP contribution in [0, 0.1) is 0 Å². The summed E-state index contributed by atoms with van der Waals surface area (Å²) in [5, 5.41) is 3.45. The molecule has 1 saturated heterocycles. The third kappa shape index (κ3) is 3.74. The lowest BCUT2D eigenvalue weighted by Gasteiger charge is -2.35. The van der Waals surface area contributed by atoms with Gasteiger partial charge >= 0.3 is 0 Å². The molecule has 0 saturated carbocycles. The van der Waals surface area contributed by atoms with Gasteiger partial charge in [-0.15, -0.1) is 11.8 Å². The number of hydrogen-bond donors (Lipinski definition) is 1. The highest BCUT2D eigenvalue weighted by Crippen LogP contribution is 2.31. The van der Waals surface area contributed by atoms with E-state index in [4.69, 9.17) is 0 Å². The van der Waals surface area contributed by atoms with Gasteiger partial charge in [0.05, 0.1) is 6.04 Å². The Hall–Kier alpha value is -0.810. The van der Waals surface area contributed by atoms with Gasteiger partial charge in [0, 0.05) is 35.5 Å². The molecule has 1 unspecified atom stereocenters. The first-order valence-electron chi connectivity index (χ1n) is 7.62. The maximum Gasteiger partial charge on any atom is 0.0602 e. The Bertz CT molecular complexity index is 591. The number of benzene rings is 2. The van der Waals surface area contributed by atoms with E-state index in [1.807, 2.05) is 0 Å². The second-order valence-corrected chi connectivity index (χ2v) is 7.31. The molecule has 0 spiro atoms. The first-order valence-corrected chi connectivity index (χ1v) is 9.64. The Labute approximate surface area is 145 Å². The summed E-state index contributed by atoms with van der Waals surface area (Å²) in [6.07, 6.45) is 2.12. The molecule has 0 amide bonds. The number of thioether (sulfide) groups is 1. The van der Waals surface area contributed by atoms with Crippen molar-refractivity contribution in [2.45, 2.75) is 10.9 Å². The minimum Gasteiger partial charge on any atom is -0.314 e. The van der Waals surface area contributed by atoms with Crippen LogP contribution < -0.4 is 5.32 Å². The van der Waals surface area contributed by atoms with Crippen LogP contribution in [0.4, 0.5) is 0 Å². The average molecular weight is 377 g/mol. The van der Waals surface area contributed by atoms with E-state index in [2.05, 4.69) is 80.9 Å². The summed E-state index contributed by atoms with van der Waals surface area (Å²) >= 11 is 5.33. The fourth-order valence-corrected chi connectivity index (χ4v) is 3.66. The van der Waals surface area contributed by atoms with Gasteiger partial charge in [-0.1, -0.05) is 40.2 Å². The molecule has 1 heterocycles. The number of hydrogen-bond acceptors (Lipinski definition) is 3. The number of rotatable bonds is 4. The fraction of sp³-hybridized carbons (Fsp3) is 0.333. The van der Waals surface area contributed by atoms with Crippen molar-refractivity contribution in [3.05, 3.63) is 64.1 Å². The molecule has 1 atom stereocenters. The van der Waals surface area contributed by atoms with Crippen molar-refractivity contribution in [1.29, 1.82) is 0 Å². The summed E-state index contributed by atoms with van der Waals surface area (Å²) in [5.74, 6) is 0. The lowest BCUT2D eigenvalue weighted by Crippen LogP contribution is -2.45. The van der Waals surface area contributed by atoms with Gasteiger partial charge in [0.15, 0.2) is 0 Å². The van der Waals surface area contributed by atoms with Crippen LogP contribution in [-0.2, 0) is 0 Å². The summed E-state index contributed by atoms with van der Waals surface area (Å²) in [7, 11) is 0. The highest BCUT2D eigenvalue weighted by molar-refractivity contribution is 9.10. The quantitative estimate of drug-likeness (QED) is 0.806. The van der Waals surface area contributed by atoms with Crippen molar-refractivity contribution in [2.24, 2.45) is 0 Å². The molecule has 1 N–H and O–H groups in total. The zero-order valence-corrected chi connectivity index (χ0v) is 15.2. The number of nitrogens with zero attached hydrogens (tertiary/aromatic N) is 1. The van der Waals surface area contributed by atoms with Crippen LogP contribution in [0.25, 0.3) is 0 Å². The van der Waals surface area contributed by atoms with Gasteiger partial charge < -0.3 is 5.32 Å². The van der Waals surface area contributed by atoms with Crippen LogP contribution in [0.3, 0.4) is 0 Å². The summed E-state index contributed by atoms with van der Waals surface area (Å²) in [5.41, 5.74) is 2.74. The number of halogens is 1. The van der Waals surface area contributed by atoms with E-state index < -0.39 is 0 Å². The molecule has 22 heavy (non-hydrogen) atoms. The summed E-state index contributed by atoms with van der Waals surface area (Å²) < 4.78 is 1.13. The average Bonchev–Trinajstić information content (AvgIpc) is 2.58. The maximum absolute atomic E-state index is 3.54. The highest BCUT2D eigenvalue weighted by atomic mass is 79.9. The molecule has 1 aliphatic rings. The summed E-state index contributed by atoms with van der Waals surface area (Å²) in [6.45, 7) is 4.31. The molecule has 1 fully saturated rings. The second-order valence-electron chi connectivity index (χ2n) is 5.51. The molecular weight excluding hydrogens is 356 g/mol. The molecule has 0 aliphatic carbocycles. The van der Waals surface area contributed by atoms with E-state index >= 15 is 0 Å². The largest absolute Gasteiger partial charge is 0.314 e. The highest BCUT2D eigenvalue weighted by Gasteiger charge is 2.23. The van der Waals surface area contributed by atoms with Crippen LogP contribution in [-0.4, -0.2) is 37.3 Å².